The lowest BCUT2D eigenvalue weighted by molar-refractivity contribution is 0.0696. The number of carboxylic acids is 1. The molecule has 0 amide bonds. The molecule has 0 aliphatic carbocycles. The minimum Gasteiger partial charge on any atom is -0.477 e. The number of nitrogens with zero attached hydrogens (tertiary/aromatic N) is 2. The second-order valence-electron chi connectivity index (χ2n) is 4.25. The van der Waals surface area contributed by atoms with Crippen LogP contribution in [-0.2, 0) is 11.8 Å². The van der Waals surface area contributed by atoms with E-state index >= 15 is 0 Å². The Bertz CT molecular complexity index is 422. The third kappa shape index (κ3) is 2.41. The molecular weight excluding hydrogens is 222 g/mol. The summed E-state index contributed by atoms with van der Waals surface area (Å²) >= 11 is 0. The second-order valence-corrected chi connectivity index (χ2v) is 4.25. The molecule has 2 heterocycles. The Hall–Kier alpha value is -1.56. The topological polar surface area (TPSA) is 76.4 Å². The van der Waals surface area contributed by atoms with Crippen LogP contribution in [-0.4, -0.2) is 40.1 Å². The van der Waals surface area contributed by atoms with Crippen LogP contribution in [0.2, 0.25) is 0 Å². The lowest BCUT2D eigenvalue weighted by atomic mass is 10.2. The summed E-state index contributed by atoms with van der Waals surface area (Å²) in [6.45, 7) is 3.11. The number of hydrogen-bond acceptors (Lipinski definition) is 4. The van der Waals surface area contributed by atoms with E-state index in [1.54, 1.807) is 18.7 Å². The molecule has 94 valence electrons. The van der Waals surface area contributed by atoms with E-state index in [2.05, 4.69) is 10.4 Å². The number of carbonyl (C=O) groups is 1. The van der Waals surface area contributed by atoms with Crippen molar-refractivity contribution in [2.24, 2.45) is 7.05 Å². The lowest BCUT2D eigenvalue weighted by Gasteiger charge is -2.12. The van der Waals surface area contributed by atoms with Crippen LogP contribution >= 0.6 is 0 Å². The van der Waals surface area contributed by atoms with E-state index in [0.29, 0.717) is 18.1 Å². The SMILES string of the molecule is Cc1nn(C)c(NCC2CCCO2)c1C(=O)O. The maximum atomic E-state index is 11.1. The number of anilines is 1. The fraction of sp³-hybridized carbons (Fsp3) is 0.636. The molecule has 17 heavy (non-hydrogen) atoms. The first-order valence-electron chi connectivity index (χ1n) is 5.72. The van der Waals surface area contributed by atoms with Gasteiger partial charge < -0.3 is 15.2 Å². The molecule has 0 bridgehead atoms. The second kappa shape index (κ2) is 4.75. The zero-order valence-corrected chi connectivity index (χ0v) is 10.1. The van der Waals surface area contributed by atoms with Crippen LogP contribution in [0.1, 0.15) is 28.9 Å². The van der Waals surface area contributed by atoms with Crippen molar-refractivity contribution >= 4 is 11.8 Å². The number of rotatable bonds is 4. The highest BCUT2D eigenvalue weighted by Crippen LogP contribution is 2.20. The third-order valence-electron chi connectivity index (χ3n) is 2.96. The van der Waals surface area contributed by atoms with Gasteiger partial charge >= 0.3 is 5.97 Å². The Morgan fingerprint density at radius 3 is 3.06 bits per heavy atom. The molecule has 0 saturated carbocycles. The van der Waals surface area contributed by atoms with Gasteiger partial charge in [0.2, 0.25) is 0 Å². The molecule has 0 aromatic carbocycles. The van der Waals surface area contributed by atoms with Crippen molar-refractivity contribution in [1.29, 1.82) is 0 Å². The molecule has 6 nitrogen and oxygen atoms in total. The molecule has 1 fully saturated rings. The fourth-order valence-electron chi connectivity index (χ4n) is 2.13. The molecule has 2 N–H and O–H groups in total. The van der Waals surface area contributed by atoms with Gasteiger partial charge in [-0.05, 0) is 19.8 Å². The van der Waals surface area contributed by atoms with Crippen LogP contribution in [0.15, 0.2) is 0 Å². The number of aromatic carboxylic acids is 1. The summed E-state index contributed by atoms with van der Waals surface area (Å²) < 4.78 is 7.05. The van der Waals surface area contributed by atoms with E-state index in [4.69, 9.17) is 9.84 Å². The average Bonchev–Trinajstić information content (AvgIpc) is 2.83. The number of carboxylic acid groups (broad SMARTS) is 1. The Kier molecular flexibility index (Phi) is 3.33. The molecule has 1 aliphatic heterocycles. The summed E-state index contributed by atoms with van der Waals surface area (Å²) in [4.78, 5) is 11.1. The van der Waals surface area contributed by atoms with Gasteiger partial charge in [0.15, 0.2) is 0 Å². The highest BCUT2D eigenvalue weighted by molar-refractivity contribution is 5.94. The molecule has 2 rings (SSSR count). The standard InChI is InChI=1S/C11H17N3O3/c1-7-9(11(15)16)10(14(2)13-7)12-6-8-4-3-5-17-8/h8,12H,3-6H2,1-2H3,(H,15,16). The predicted molar refractivity (Wildman–Crippen MR) is 62.4 cm³/mol. The summed E-state index contributed by atoms with van der Waals surface area (Å²) in [7, 11) is 1.73. The maximum Gasteiger partial charge on any atom is 0.341 e. The molecule has 1 aliphatic rings. The Labute approximate surface area is 99.6 Å². The summed E-state index contributed by atoms with van der Waals surface area (Å²) in [5.74, 6) is -0.407. The van der Waals surface area contributed by atoms with Gasteiger partial charge in [-0.15, -0.1) is 0 Å². The summed E-state index contributed by atoms with van der Waals surface area (Å²) in [5.41, 5.74) is 0.764. The van der Waals surface area contributed by atoms with Crippen molar-refractivity contribution in [3.05, 3.63) is 11.3 Å². The molecule has 1 saturated heterocycles. The zero-order chi connectivity index (χ0) is 12.4. The van der Waals surface area contributed by atoms with Crippen molar-refractivity contribution in [2.45, 2.75) is 25.9 Å². The number of aryl methyl sites for hydroxylation is 2. The van der Waals surface area contributed by atoms with Gasteiger partial charge in [-0.3, -0.25) is 4.68 Å². The van der Waals surface area contributed by atoms with Crippen LogP contribution in [0.3, 0.4) is 0 Å². The number of aromatic nitrogens is 2. The van der Waals surface area contributed by atoms with Gasteiger partial charge in [0.25, 0.3) is 0 Å². The Balaban J connectivity index is 2.11. The first kappa shape index (κ1) is 11.9. The van der Waals surface area contributed by atoms with Gasteiger partial charge in [-0.1, -0.05) is 0 Å². The largest absolute Gasteiger partial charge is 0.477 e. The monoisotopic (exact) mass is 239 g/mol. The van der Waals surface area contributed by atoms with Crippen molar-refractivity contribution in [1.82, 2.24) is 9.78 Å². The van der Waals surface area contributed by atoms with Crippen molar-refractivity contribution in [3.63, 3.8) is 0 Å². The van der Waals surface area contributed by atoms with E-state index in [1.807, 2.05) is 0 Å². The van der Waals surface area contributed by atoms with Crippen LogP contribution in [0.4, 0.5) is 5.82 Å². The van der Waals surface area contributed by atoms with Crippen molar-refractivity contribution in [3.8, 4) is 0 Å². The minimum absolute atomic E-state index is 0.173. The third-order valence-corrected chi connectivity index (χ3v) is 2.96. The first-order chi connectivity index (χ1) is 8.09. The van der Waals surface area contributed by atoms with E-state index in [-0.39, 0.29) is 11.7 Å². The smallest absolute Gasteiger partial charge is 0.341 e. The van der Waals surface area contributed by atoms with Crippen LogP contribution in [0.5, 0.6) is 0 Å². The normalized spacial score (nSPS) is 19.5. The quantitative estimate of drug-likeness (QED) is 0.820. The highest BCUT2D eigenvalue weighted by atomic mass is 16.5. The minimum atomic E-state index is -0.953. The average molecular weight is 239 g/mol. The lowest BCUT2D eigenvalue weighted by Crippen LogP contribution is -2.21. The fourth-order valence-corrected chi connectivity index (χ4v) is 2.13. The molecule has 6 heteroatoms. The molecule has 1 aromatic heterocycles. The number of ether oxygens (including phenoxy) is 1. The van der Waals surface area contributed by atoms with E-state index in [0.717, 1.165) is 19.4 Å². The molecular formula is C11H17N3O3. The molecule has 1 unspecified atom stereocenters. The van der Waals surface area contributed by atoms with E-state index in [1.165, 1.54) is 0 Å². The van der Waals surface area contributed by atoms with E-state index in [9.17, 15) is 4.79 Å². The van der Waals surface area contributed by atoms with Gasteiger partial charge in [-0.2, -0.15) is 5.10 Å². The van der Waals surface area contributed by atoms with Gasteiger partial charge in [0.05, 0.1) is 11.8 Å². The van der Waals surface area contributed by atoms with Crippen LogP contribution in [0, 0.1) is 6.92 Å². The summed E-state index contributed by atoms with van der Waals surface area (Å²) in [5, 5.41) is 16.4. The predicted octanol–water partition coefficient (Wildman–Crippen LogP) is 1.02. The Morgan fingerprint density at radius 2 is 2.47 bits per heavy atom. The molecule has 1 aromatic rings. The van der Waals surface area contributed by atoms with Gasteiger partial charge in [0, 0.05) is 20.2 Å². The first-order valence-corrected chi connectivity index (χ1v) is 5.72. The van der Waals surface area contributed by atoms with E-state index < -0.39 is 5.97 Å². The molecule has 0 radical (unpaired) electrons. The van der Waals surface area contributed by atoms with Gasteiger partial charge in [-0.25, -0.2) is 4.79 Å². The molecule has 0 spiro atoms. The van der Waals surface area contributed by atoms with Crippen molar-refractivity contribution < 1.29 is 14.6 Å². The van der Waals surface area contributed by atoms with Gasteiger partial charge in [0.1, 0.15) is 11.4 Å². The maximum absolute atomic E-state index is 11.1. The molecule has 1 atom stereocenters. The Morgan fingerprint density at radius 1 is 1.71 bits per heavy atom. The summed E-state index contributed by atoms with van der Waals surface area (Å²) in [6.07, 6.45) is 2.27. The summed E-state index contributed by atoms with van der Waals surface area (Å²) in [6, 6.07) is 0. The number of hydrogen-bond donors (Lipinski definition) is 2. The van der Waals surface area contributed by atoms with Crippen LogP contribution in [0.25, 0.3) is 0 Å². The van der Waals surface area contributed by atoms with Crippen LogP contribution < -0.4 is 5.32 Å². The zero-order valence-electron chi connectivity index (χ0n) is 10.1. The van der Waals surface area contributed by atoms with Crippen molar-refractivity contribution in [2.75, 3.05) is 18.5 Å². The highest BCUT2D eigenvalue weighted by Gasteiger charge is 2.21. The number of nitrogens with one attached hydrogen (secondary N) is 1.